The number of hydrogen-bond acceptors (Lipinski definition) is 3. The zero-order valence-electron chi connectivity index (χ0n) is 22.3. The van der Waals surface area contributed by atoms with Gasteiger partial charge in [-0.2, -0.15) is 13.2 Å². The summed E-state index contributed by atoms with van der Waals surface area (Å²) in [5, 5.41) is 0. The van der Waals surface area contributed by atoms with E-state index in [-0.39, 0.29) is 48.6 Å². The zero-order valence-corrected chi connectivity index (χ0v) is 22.3. The molecule has 1 unspecified atom stereocenters. The van der Waals surface area contributed by atoms with Crippen molar-refractivity contribution in [2.24, 2.45) is 5.92 Å². The number of ether oxygens (including phenoxy) is 3. The van der Waals surface area contributed by atoms with Crippen molar-refractivity contribution in [3.63, 3.8) is 0 Å². The number of halogens is 6. The Morgan fingerprint density at radius 1 is 0.650 bits per heavy atom. The number of hydrogen-bond donors (Lipinski definition) is 0. The van der Waals surface area contributed by atoms with Crippen molar-refractivity contribution < 1.29 is 40.6 Å². The van der Waals surface area contributed by atoms with E-state index in [0.29, 0.717) is 24.8 Å². The van der Waals surface area contributed by atoms with E-state index in [2.05, 4.69) is 0 Å². The summed E-state index contributed by atoms with van der Waals surface area (Å²) in [6, 6.07) is 7.53. The van der Waals surface area contributed by atoms with Crippen LogP contribution >= 0.6 is 0 Å². The molecule has 40 heavy (non-hydrogen) atoms. The van der Waals surface area contributed by atoms with Crippen LogP contribution in [-0.2, 0) is 0 Å². The van der Waals surface area contributed by atoms with E-state index in [0.717, 1.165) is 18.9 Å². The van der Waals surface area contributed by atoms with Crippen molar-refractivity contribution in [2.75, 3.05) is 19.8 Å². The molecule has 214 valence electrons. The second-order valence-corrected chi connectivity index (χ2v) is 9.53. The monoisotopic (exact) mass is 564 g/mol. The van der Waals surface area contributed by atoms with Gasteiger partial charge >= 0.3 is 0 Å². The summed E-state index contributed by atoms with van der Waals surface area (Å²) >= 11 is 0. The first-order chi connectivity index (χ1) is 19.3. The average Bonchev–Trinajstić information content (AvgIpc) is 2.96. The number of unbranched alkanes of at least 4 members (excludes halogenated alkanes) is 1. The third-order valence-corrected chi connectivity index (χ3v) is 6.83. The third-order valence-electron chi connectivity index (χ3n) is 6.83. The van der Waals surface area contributed by atoms with Gasteiger partial charge in [-0.05, 0) is 68.4 Å². The van der Waals surface area contributed by atoms with E-state index in [1.54, 1.807) is 13.0 Å². The smallest absolute Gasteiger partial charge is 0.204 e. The largest absolute Gasteiger partial charge is 0.491 e. The van der Waals surface area contributed by atoms with Gasteiger partial charge in [-0.15, -0.1) is 0 Å². The Labute approximate surface area is 229 Å². The number of allylic oxidation sites excluding steroid dienone is 2. The molecule has 3 aromatic rings. The van der Waals surface area contributed by atoms with Gasteiger partial charge in [-0.3, -0.25) is 0 Å². The molecule has 0 N–H and O–H groups in total. The maximum Gasteiger partial charge on any atom is 0.204 e. The zero-order chi connectivity index (χ0) is 28.8. The Bertz CT molecular complexity index is 1390. The second-order valence-electron chi connectivity index (χ2n) is 9.53. The molecule has 1 aliphatic rings. The van der Waals surface area contributed by atoms with Crippen LogP contribution in [0.15, 0.2) is 42.5 Å². The minimum Gasteiger partial charge on any atom is -0.491 e. The van der Waals surface area contributed by atoms with E-state index in [4.69, 9.17) is 14.2 Å². The van der Waals surface area contributed by atoms with Crippen LogP contribution in [0.2, 0.25) is 0 Å². The fraction of sp³-hybridized carbons (Fsp3) is 0.355. The lowest BCUT2D eigenvalue weighted by atomic mass is 9.86. The first kappa shape index (κ1) is 29.4. The fourth-order valence-corrected chi connectivity index (χ4v) is 4.57. The lowest BCUT2D eigenvalue weighted by Gasteiger charge is -2.23. The highest BCUT2D eigenvalue weighted by molar-refractivity contribution is 5.72. The second kappa shape index (κ2) is 13.2. The predicted octanol–water partition coefficient (Wildman–Crippen LogP) is 9.03. The Kier molecular flexibility index (Phi) is 9.66. The number of rotatable bonds is 11. The summed E-state index contributed by atoms with van der Waals surface area (Å²) in [6.45, 7) is 4.08. The molecule has 9 heteroatoms. The van der Waals surface area contributed by atoms with E-state index in [9.17, 15) is 17.6 Å². The normalized spacial score (nSPS) is 15.1. The molecule has 0 heterocycles. The van der Waals surface area contributed by atoms with Crippen molar-refractivity contribution in [3.8, 4) is 28.4 Å². The Morgan fingerprint density at radius 2 is 1.18 bits per heavy atom. The highest BCUT2D eigenvalue weighted by atomic mass is 19.2. The maximum atomic E-state index is 15.1. The molecular weight excluding hydrogens is 534 g/mol. The average molecular weight is 565 g/mol. The van der Waals surface area contributed by atoms with Crippen LogP contribution in [0.1, 0.15) is 51.5 Å². The molecule has 0 spiro atoms. The highest BCUT2D eigenvalue weighted by Gasteiger charge is 2.25. The molecule has 1 atom stereocenters. The Hall–Kier alpha value is -3.62. The first-order valence-corrected chi connectivity index (χ1v) is 13.3. The fourth-order valence-electron chi connectivity index (χ4n) is 4.57. The first-order valence-electron chi connectivity index (χ1n) is 13.3. The summed E-state index contributed by atoms with van der Waals surface area (Å²) in [4.78, 5) is 0. The lowest BCUT2D eigenvalue weighted by Crippen LogP contribution is -2.16. The van der Waals surface area contributed by atoms with Crippen molar-refractivity contribution >= 4 is 5.57 Å². The summed E-state index contributed by atoms with van der Waals surface area (Å²) < 4.78 is 103. The molecule has 0 amide bonds. The van der Waals surface area contributed by atoms with Crippen LogP contribution in [0.4, 0.5) is 26.3 Å². The highest BCUT2D eigenvalue weighted by Crippen LogP contribution is 2.37. The molecule has 3 aromatic carbocycles. The van der Waals surface area contributed by atoms with Gasteiger partial charge in [0, 0.05) is 16.7 Å². The van der Waals surface area contributed by atoms with Gasteiger partial charge in [0.1, 0.15) is 0 Å². The van der Waals surface area contributed by atoms with Crippen LogP contribution in [0.3, 0.4) is 0 Å². The summed E-state index contributed by atoms with van der Waals surface area (Å²) in [5.74, 6) is -8.03. The van der Waals surface area contributed by atoms with Crippen LogP contribution in [-0.4, -0.2) is 19.8 Å². The standard InChI is InChI=1S/C31H30F6O3/c1-3-5-16-39-24-14-15-25(31(37)30(24)36)40-17-18-6-8-19(9-7-18)20-10-11-21(27(33)26(20)32)22-12-13-23(38-4-2)29(35)28(22)34/h8,10-15,18H,3-7,9,16-17H2,1-2H3. The van der Waals surface area contributed by atoms with Gasteiger partial charge in [-0.25, -0.2) is 13.2 Å². The van der Waals surface area contributed by atoms with Crippen molar-refractivity contribution in [1.29, 1.82) is 0 Å². The van der Waals surface area contributed by atoms with Crippen molar-refractivity contribution in [1.82, 2.24) is 0 Å². The topological polar surface area (TPSA) is 27.7 Å². The summed E-state index contributed by atoms with van der Waals surface area (Å²) in [5.41, 5.74) is -0.232. The van der Waals surface area contributed by atoms with Crippen molar-refractivity contribution in [2.45, 2.75) is 46.0 Å². The van der Waals surface area contributed by atoms with Gasteiger partial charge < -0.3 is 14.2 Å². The molecule has 1 aliphatic carbocycles. The van der Waals surface area contributed by atoms with Crippen LogP contribution < -0.4 is 14.2 Å². The molecule has 0 saturated heterocycles. The molecule has 4 rings (SSSR count). The van der Waals surface area contributed by atoms with E-state index in [1.165, 1.54) is 30.3 Å². The van der Waals surface area contributed by atoms with E-state index in [1.807, 2.05) is 6.92 Å². The van der Waals surface area contributed by atoms with Gasteiger partial charge in [0.25, 0.3) is 0 Å². The quantitative estimate of drug-likeness (QED) is 0.172. The van der Waals surface area contributed by atoms with Crippen LogP contribution in [0.5, 0.6) is 17.2 Å². The Balaban J connectivity index is 1.43. The van der Waals surface area contributed by atoms with Gasteiger partial charge in [-0.1, -0.05) is 31.6 Å². The molecule has 0 aromatic heterocycles. The Morgan fingerprint density at radius 3 is 1.80 bits per heavy atom. The molecule has 0 saturated carbocycles. The van der Waals surface area contributed by atoms with Gasteiger partial charge in [0.2, 0.25) is 17.5 Å². The molecule has 3 nitrogen and oxygen atoms in total. The van der Waals surface area contributed by atoms with E-state index >= 15 is 8.78 Å². The molecule has 0 aliphatic heterocycles. The molecule has 0 bridgehead atoms. The van der Waals surface area contributed by atoms with Gasteiger partial charge in [0.05, 0.1) is 19.8 Å². The minimum atomic E-state index is -1.33. The van der Waals surface area contributed by atoms with E-state index < -0.39 is 46.0 Å². The third kappa shape index (κ3) is 6.24. The minimum absolute atomic E-state index is 0.0270. The SMILES string of the molecule is CCCCOc1ccc(OCC2CC=C(c3ccc(-c4ccc(OCC)c(F)c4F)c(F)c3F)CC2)c(F)c1F. The molecule has 0 radical (unpaired) electrons. The maximum absolute atomic E-state index is 15.1. The predicted molar refractivity (Wildman–Crippen MR) is 140 cm³/mol. The summed E-state index contributed by atoms with van der Waals surface area (Å²) in [7, 11) is 0. The van der Waals surface area contributed by atoms with Crippen LogP contribution in [0.25, 0.3) is 16.7 Å². The molecule has 0 fully saturated rings. The lowest BCUT2D eigenvalue weighted by molar-refractivity contribution is 0.225. The van der Waals surface area contributed by atoms with Crippen LogP contribution in [0, 0.1) is 40.8 Å². The molecular formula is C31H30F6O3. The van der Waals surface area contributed by atoms with Crippen molar-refractivity contribution in [3.05, 3.63) is 82.9 Å². The number of benzene rings is 3. The van der Waals surface area contributed by atoms with Gasteiger partial charge in [0.15, 0.2) is 34.7 Å². The summed E-state index contributed by atoms with van der Waals surface area (Å²) in [6.07, 6.45) is 4.69.